The highest BCUT2D eigenvalue weighted by molar-refractivity contribution is 5.93. The van der Waals surface area contributed by atoms with Gasteiger partial charge in [-0.3, -0.25) is 9.59 Å². The van der Waals surface area contributed by atoms with Crippen LogP contribution < -0.4 is 4.74 Å². The number of piperidine rings is 1. The SMILES string of the molecule is CCOC(=O)C1CCCN(C(=O)c2cc(OCC)ncn2)C1. The molecule has 0 bridgehead atoms. The van der Waals surface area contributed by atoms with Crippen molar-refractivity contribution in [2.75, 3.05) is 26.3 Å². The Morgan fingerprint density at radius 2 is 2.14 bits per heavy atom. The molecule has 1 saturated heterocycles. The normalized spacial score (nSPS) is 17.9. The van der Waals surface area contributed by atoms with Gasteiger partial charge in [0.1, 0.15) is 12.0 Å². The Labute approximate surface area is 129 Å². The van der Waals surface area contributed by atoms with E-state index in [9.17, 15) is 9.59 Å². The summed E-state index contributed by atoms with van der Waals surface area (Å²) in [4.78, 5) is 33.9. The first-order valence-corrected chi connectivity index (χ1v) is 7.56. The number of carbonyl (C=O) groups is 2. The van der Waals surface area contributed by atoms with E-state index in [0.29, 0.717) is 32.2 Å². The van der Waals surface area contributed by atoms with Gasteiger partial charge in [-0.1, -0.05) is 0 Å². The predicted octanol–water partition coefficient (Wildman–Crippen LogP) is 1.29. The number of rotatable bonds is 5. The number of nitrogens with zero attached hydrogens (tertiary/aromatic N) is 3. The zero-order valence-corrected chi connectivity index (χ0v) is 12.9. The van der Waals surface area contributed by atoms with Crippen LogP contribution in [0.3, 0.4) is 0 Å². The van der Waals surface area contributed by atoms with Crippen LogP contribution >= 0.6 is 0 Å². The molecular weight excluding hydrogens is 286 g/mol. The van der Waals surface area contributed by atoms with Crippen LogP contribution in [0.2, 0.25) is 0 Å². The highest BCUT2D eigenvalue weighted by Crippen LogP contribution is 2.20. The monoisotopic (exact) mass is 307 g/mol. The first-order valence-electron chi connectivity index (χ1n) is 7.56. The van der Waals surface area contributed by atoms with Crippen molar-refractivity contribution < 1.29 is 19.1 Å². The maximum absolute atomic E-state index is 12.5. The molecule has 1 aromatic heterocycles. The van der Waals surface area contributed by atoms with Crippen molar-refractivity contribution in [1.29, 1.82) is 0 Å². The van der Waals surface area contributed by atoms with E-state index >= 15 is 0 Å². The summed E-state index contributed by atoms with van der Waals surface area (Å²) in [5.74, 6) is -0.333. The summed E-state index contributed by atoms with van der Waals surface area (Å²) in [5, 5.41) is 0. The van der Waals surface area contributed by atoms with Crippen LogP contribution in [-0.2, 0) is 9.53 Å². The molecule has 1 unspecified atom stereocenters. The molecule has 2 heterocycles. The Hall–Kier alpha value is -2.18. The van der Waals surface area contributed by atoms with Gasteiger partial charge in [-0.05, 0) is 26.7 Å². The highest BCUT2D eigenvalue weighted by Gasteiger charge is 2.30. The van der Waals surface area contributed by atoms with Gasteiger partial charge in [0.25, 0.3) is 5.91 Å². The van der Waals surface area contributed by atoms with E-state index in [1.165, 1.54) is 12.4 Å². The second-order valence-electron chi connectivity index (χ2n) is 5.02. The molecule has 7 nitrogen and oxygen atoms in total. The minimum absolute atomic E-state index is 0.211. The van der Waals surface area contributed by atoms with Crippen molar-refractivity contribution in [3.63, 3.8) is 0 Å². The fourth-order valence-corrected chi connectivity index (χ4v) is 2.46. The number of carbonyl (C=O) groups excluding carboxylic acids is 2. The van der Waals surface area contributed by atoms with Crippen LogP contribution in [0.15, 0.2) is 12.4 Å². The van der Waals surface area contributed by atoms with Crippen molar-refractivity contribution in [3.8, 4) is 5.88 Å². The molecule has 0 spiro atoms. The van der Waals surface area contributed by atoms with Crippen LogP contribution in [0.4, 0.5) is 0 Å². The van der Waals surface area contributed by atoms with Crippen molar-refractivity contribution in [1.82, 2.24) is 14.9 Å². The Morgan fingerprint density at radius 3 is 2.86 bits per heavy atom. The quantitative estimate of drug-likeness (QED) is 0.762. The standard InChI is InChI=1S/C15H21N3O4/c1-3-21-13-8-12(16-10-17-13)14(19)18-7-5-6-11(9-18)15(20)22-4-2/h8,10-11H,3-7,9H2,1-2H3. The van der Waals surface area contributed by atoms with Gasteiger partial charge >= 0.3 is 5.97 Å². The zero-order valence-electron chi connectivity index (χ0n) is 12.9. The molecule has 0 radical (unpaired) electrons. The molecule has 1 amide bonds. The third-order valence-corrected chi connectivity index (χ3v) is 3.48. The number of hydrogen-bond donors (Lipinski definition) is 0. The smallest absolute Gasteiger partial charge is 0.310 e. The van der Waals surface area contributed by atoms with Crippen LogP contribution in [0, 0.1) is 5.92 Å². The molecule has 0 aliphatic carbocycles. The van der Waals surface area contributed by atoms with E-state index in [1.54, 1.807) is 11.8 Å². The highest BCUT2D eigenvalue weighted by atomic mass is 16.5. The molecule has 7 heteroatoms. The summed E-state index contributed by atoms with van der Waals surface area (Å²) < 4.78 is 10.3. The van der Waals surface area contributed by atoms with E-state index in [2.05, 4.69) is 9.97 Å². The topological polar surface area (TPSA) is 81.6 Å². The van der Waals surface area contributed by atoms with Gasteiger partial charge in [-0.15, -0.1) is 0 Å². The third-order valence-electron chi connectivity index (χ3n) is 3.48. The molecule has 1 aliphatic heterocycles. The lowest BCUT2D eigenvalue weighted by Crippen LogP contribution is -2.43. The minimum Gasteiger partial charge on any atom is -0.478 e. The first-order chi connectivity index (χ1) is 10.7. The summed E-state index contributed by atoms with van der Waals surface area (Å²) in [7, 11) is 0. The molecular formula is C15H21N3O4. The summed E-state index contributed by atoms with van der Waals surface area (Å²) >= 11 is 0. The second-order valence-corrected chi connectivity index (χ2v) is 5.02. The lowest BCUT2D eigenvalue weighted by Gasteiger charge is -2.31. The van der Waals surface area contributed by atoms with Crippen LogP contribution in [0.1, 0.15) is 37.2 Å². The Bertz CT molecular complexity index is 535. The molecule has 1 aliphatic rings. The van der Waals surface area contributed by atoms with Gasteiger partial charge in [0.05, 0.1) is 19.1 Å². The van der Waals surface area contributed by atoms with E-state index in [0.717, 1.165) is 12.8 Å². The zero-order chi connectivity index (χ0) is 15.9. The fraction of sp³-hybridized carbons (Fsp3) is 0.600. The van der Waals surface area contributed by atoms with Gasteiger partial charge < -0.3 is 14.4 Å². The fourth-order valence-electron chi connectivity index (χ4n) is 2.46. The maximum atomic E-state index is 12.5. The van der Waals surface area contributed by atoms with Crippen molar-refractivity contribution in [2.45, 2.75) is 26.7 Å². The van der Waals surface area contributed by atoms with E-state index in [-0.39, 0.29) is 23.5 Å². The Kier molecular flexibility index (Phi) is 5.68. The average Bonchev–Trinajstić information content (AvgIpc) is 2.55. The number of esters is 1. The summed E-state index contributed by atoms with van der Waals surface area (Å²) in [6.45, 7) is 5.43. The number of amides is 1. The molecule has 22 heavy (non-hydrogen) atoms. The molecule has 120 valence electrons. The Morgan fingerprint density at radius 1 is 1.32 bits per heavy atom. The predicted molar refractivity (Wildman–Crippen MR) is 78.5 cm³/mol. The molecule has 1 atom stereocenters. The molecule has 0 aromatic carbocycles. The number of hydrogen-bond acceptors (Lipinski definition) is 6. The van der Waals surface area contributed by atoms with E-state index in [1.807, 2.05) is 6.92 Å². The molecule has 1 aromatic rings. The van der Waals surface area contributed by atoms with Crippen molar-refractivity contribution >= 4 is 11.9 Å². The van der Waals surface area contributed by atoms with Crippen LogP contribution in [0.5, 0.6) is 5.88 Å². The second kappa shape index (κ2) is 7.72. The van der Waals surface area contributed by atoms with Gasteiger partial charge in [-0.2, -0.15) is 0 Å². The van der Waals surface area contributed by atoms with E-state index in [4.69, 9.17) is 9.47 Å². The molecule has 2 rings (SSSR count). The van der Waals surface area contributed by atoms with Crippen molar-refractivity contribution in [2.24, 2.45) is 5.92 Å². The maximum Gasteiger partial charge on any atom is 0.310 e. The molecule has 1 fully saturated rings. The Balaban J connectivity index is 2.05. The first kappa shape index (κ1) is 16.2. The number of aromatic nitrogens is 2. The van der Waals surface area contributed by atoms with Crippen LogP contribution in [0.25, 0.3) is 0 Å². The van der Waals surface area contributed by atoms with Crippen LogP contribution in [-0.4, -0.2) is 53.0 Å². The summed E-state index contributed by atoms with van der Waals surface area (Å²) in [5.41, 5.74) is 0.281. The largest absolute Gasteiger partial charge is 0.478 e. The van der Waals surface area contributed by atoms with Gasteiger partial charge in [0.2, 0.25) is 5.88 Å². The molecule has 0 saturated carbocycles. The van der Waals surface area contributed by atoms with Crippen molar-refractivity contribution in [3.05, 3.63) is 18.1 Å². The average molecular weight is 307 g/mol. The minimum atomic E-state index is -0.258. The van der Waals surface area contributed by atoms with Gasteiger partial charge in [-0.25, -0.2) is 9.97 Å². The summed E-state index contributed by atoms with van der Waals surface area (Å²) in [6.07, 6.45) is 2.83. The van der Waals surface area contributed by atoms with Gasteiger partial charge in [0.15, 0.2) is 0 Å². The van der Waals surface area contributed by atoms with E-state index < -0.39 is 0 Å². The lowest BCUT2D eigenvalue weighted by atomic mass is 9.98. The number of likely N-dealkylation sites (tertiary alicyclic amines) is 1. The third kappa shape index (κ3) is 3.93. The summed E-state index contributed by atoms with van der Waals surface area (Å²) in [6, 6.07) is 1.53. The van der Waals surface area contributed by atoms with Gasteiger partial charge in [0, 0.05) is 19.2 Å². The lowest BCUT2D eigenvalue weighted by molar-refractivity contribution is -0.149. The molecule has 0 N–H and O–H groups in total. The number of ether oxygens (including phenoxy) is 2.